The molecule has 0 aromatic rings. The summed E-state index contributed by atoms with van der Waals surface area (Å²) in [6, 6.07) is 0.495. The van der Waals surface area contributed by atoms with E-state index in [1.165, 1.54) is 25.7 Å². The van der Waals surface area contributed by atoms with Gasteiger partial charge in [0.1, 0.15) is 0 Å². The molecule has 0 aromatic carbocycles. The molecule has 1 fully saturated rings. The summed E-state index contributed by atoms with van der Waals surface area (Å²) in [5.41, 5.74) is 6.02. The Kier molecular flexibility index (Phi) is 4.26. The van der Waals surface area contributed by atoms with Crippen LogP contribution in [0, 0.1) is 5.92 Å². The first-order valence-corrected chi connectivity index (χ1v) is 6.94. The molecule has 98 valence electrons. The van der Waals surface area contributed by atoms with Crippen LogP contribution in [0.1, 0.15) is 39.5 Å². The predicted octanol–water partition coefficient (Wildman–Crippen LogP) is 1.60. The monoisotopic (exact) mass is 239 g/mol. The summed E-state index contributed by atoms with van der Waals surface area (Å²) in [6.45, 7) is 7.21. The van der Waals surface area contributed by atoms with Crippen LogP contribution in [0.3, 0.4) is 0 Å². The van der Waals surface area contributed by atoms with Crippen molar-refractivity contribution in [1.29, 1.82) is 0 Å². The lowest BCUT2D eigenvalue weighted by Crippen LogP contribution is -2.47. The van der Waals surface area contributed by atoms with Crippen molar-refractivity contribution in [3.8, 4) is 0 Å². The Labute approximate surface area is 104 Å². The molecule has 0 aromatic heterocycles. The fourth-order valence-electron chi connectivity index (χ4n) is 3.02. The first kappa shape index (κ1) is 12.7. The summed E-state index contributed by atoms with van der Waals surface area (Å²) in [5, 5.41) is 0. The van der Waals surface area contributed by atoms with Gasteiger partial charge in [0.2, 0.25) is 0 Å². The highest BCUT2D eigenvalue weighted by Crippen LogP contribution is 2.24. The second-order valence-electron chi connectivity index (χ2n) is 5.13. The van der Waals surface area contributed by atoms with Gasteiger partial charge in [0.15, 0.2) is 5.96 Å². The molecule has 2 aliphatic rings. The maximum Gasteiger partial charge on any atom is 0.191 e. The van der Waals surface area contributed by atoms with Crippen LogP contribution in [-0.4, -0.2) is 42.7 Å². The van der Waals surface area contributed by atoms with Crippen LogP contribution in [-0.2, 0) is 4.74 Å². The van der Waals surface area contributed by atoms with E-state index in [4.69, 9.17) is 10.5 Å². The van der Waals surface area contributed by atoms with Crippen LogP contribution in [0.25, 0.3) is 0 Å². The van der Waals surface area contributed by atoms with Crippen LogP contribution in [0.4, 0.5) is 0 Å². The van der Waals surface area contributed by atoms with Crippen LogP contribution in [0.5, 0.6) is 0 Å². The van der Waals surface area contributed by atoms with Crippen LogP contribution in [0.15, 0.2) is 4.99 Å². The number of guanidine groups is 1. The molecule has 2 aliphatic heterocycles. The number of nitrogens with two attached hydrogens (primary N) is 1. The number of ether oxygens (including phenoxy) is 1. The minimum Gasteiger partial charge on any atom is -0.376 e. The van der Waals surface area contributed by atoms with E-state index in [1.54, 1.807) is 0 Å². The van der Waals surface area contributed by atoms with Crippen molar-refractivity contribution in [2.45, 2.75) is 51.7 Å². The molecule has 0 spiro atoms. The Balaban J connectivity index is 1.97. The highest BCUT2D eigenvalue weighted by atomic mass is 16.5. The standard InChI is InChI=1S/C13H25N3O/c1-3-10(4-2)12-8-15-13(14)16(12)9-11-6-5-7-17-11/h10-12H,3-9H2,1-2H3,(H2,14,15). The zero-order valence-corrected chi connectivity index (χ0v) is 11.1. The van der Waals surface area contributed by atoms with E-state index in [0.717, 1.165) is 25.7 Å². The second-order valence-corrected chi connectivity index (χ2v) is 5.13. The van der Waals surface area contributed by atoms with Gasteiger partial charge >= 0.3 is 0 Å². The molecular weight excluding hydrogens is 214 g/mol. The molecule has 2 rings (SSSR count). The third-order valence-corrected chi connectivity index (χ3v) is 4.15. The van der Waals surface area contributed by atoms with E-state index >= 15 is 0 Å². The molecule has 4 heteroatoms. The van der Waals surface area contributed by atoms with Crippen LogP contribution >= 0.6 is 0 Å². The van der Waals surface area contributed by atoms with Gasteiger partial charge in [0, 0.05) is 13.2 Å². The maximum atomic E-state index is 6.02. The average Bonchev–Trinajstić information content (AvgIpc) is 2.95. The summed E-state index contributed by atoms with van der Waals surface area (Å²) >= 11 is 0. The van der Waals surface area contributed by atoms with E-state index in [0.29, 0.717) is 18.1 Å². The highest BCUT2D eigenvalue weighted by molar-refractivity contribution is 5.80. The first-order chi connectivity index (χ1) is 8.26. The molecule has 0 radical (unpaired) electrons. The van der Waals surface area contributed by atoms with Gasteiger partial charge in [-0.15, -0.1) is 0 Å². The zero-order valence-electron chi connectivity index (χ0n) is 11.1. The fourth-order valence-corrected chi connectivity index (χ4v) is 3.02. The molecule has 1 saturated heterocycles. The number of aliphatic imine (C=N–C) groups is 1. The van der Waals surface area contributed by atoms with Crippen LogP contribution in [0.2, 0.25) is 0 Å². The largest absolute Gasteiger partial charge is 0.376 e. The van der Waals surface area contributed by atoms with Gasteiger partial charge in [-0.1, -0.05) is 26.7 Å². The summed E-state index contributed by atoms with van der Waals surface area (Å²) in [7, 11) is 0. The Morgan fingerprint density at radius 2 is 2.24 bits per heavy atom. The first-order valence-electron chi connectivity index (χ1n) is 6.94. The minimum absolute atomic E-state index is 0.360. The van der Waals surface area contributed by atoms with Gasteiger partial charge in [-0.3, -0.25) is 4.99 Å². The fraction of sp³-hybridized carbons (Fsp3) is 0.923. The van der Waals surface area contributed by atoms with Crippen molar-refractivity contribution in [2.24, 2.45) is 16.6 Å². The Hall–Kier alpha value is -0.770. The molecule has 2 heterocycles. The van der Waals surface area contributed by atoms with Gasteiger partial charge in [-0.05, 0) is 18.8 Å². The maximum absolute atomic E-state index is 6.02. The van der Waals surface area contributed by atoms with Gasteiger partial charge in [0.25, 0.3) is 0 Å². The molecular formula is C13H25N3O. The van der Waals surface area contributed by atoms with Crippen molar-refractivity contribution in [3.63, 3.8) is 0 Å². The number of nitrogens with zero attached hydrogens (tertiary/aromatic N) is 2. The molecule has 2 unspecified atom stereocenters. The highest BCUT2D eigenvalue weighted by Gasteiger charge is 2.33. The molecule has 0 bridgehead atoms. The van der Waals surface area contributed by atoms with Crippen molar-refractivity contribution >= 4 is 5.96 Å². The van der Waals surface area contributed by atoms with Crippen molar-refractivity contribution < 1.29 is 4.74 Å². The van der Waals surface area contributed by atoms with Crippen molar-refractivity contribution in [2.75, 3.05) is 19.7 Å². The number of rotatable bonds is 5. The summed E-state index contributed by atoms with van der Waals surface area (Å²) in [5.74, 6) is 1.42. The number of hydrogen-bond donors (Lipinski definition) is 1. The lowest BCUT2D eigenvalue weighted by atomic mass is 9.93. The number of hydrogen-bond acceptors (Lipinski definition) is 4. The molecule has 0 amide bonds. The lowest BCUT2D eigenvalue weighted by molar-refractivity contribution is 0.0775. The molecule has 0 aliphatic carbocycles. The van der Waals surface area contributed by atoms with E-state index < -0.39 is 0 Å². The topological polar surface area (TPSA) is 50.8 Å². The summed E-state index contributed by atoms with van der Waals surface area (Å²) in [6.07, 6.45) is 5.11. The smallest absolute Gasteiger partial charge is 0.191 e. The lowest BCUT2D eigenvalue weighted by Gasteiger charge is -2.33. The van der Waals surface area contributed by atoms with Gasteiger partial charge in [-0.2, -0.15) is 0 Å². The third kappa shape index (κ3) is 2.73. The van der Waals surface area contributed by atoms with Crippen molar-refractivity contribution in [3.05, 3.63) is 0 Å². The quantitative estimate of drug-likeness (QED) is 0.793. The summed E-state index contributed by atoms with van der Waals surface area (Å²) < 4.78 is 5.71. The van der Waals surface area contributed by atoms with Gasteiger partial charge in [0.05, 0.1) is 18.7 Å². The average molecular weight is 239 g/mol. The third-order valence-electron chi connectivity index (χ3n) is 4.15. The molecule has 0 saturated carbocycles. The summed E-state index contributed by atoms with van der Waals surface area (Å²) in [4.78, 5) is 6.71. The minimum atomic E-state index is 0.360. The van der Waals surface area contributed by atoms with Gasteiger partial charge < -0.3 is 15.4 Å². The Morgan fingerprint density at radius 3 is 2.82 bits per heavy atom. The molecule has 2 N–H and O–H groups in total. The molecule has 2 atom stereocenters. The molecule has 17 heavy (non-hydrogen) atoms. The normalized spacial score (nSPS) is 29.1. The van der Waals surface area contributed by atoms with E-state index in [9.17, 15) is 0 Å². The SMILES string of the molecule is CCC(CC)C1CN=C(N)N1CC1CCCO1. The zero-order chi connectivity index (χ0) is 12.3. The second kappa shape index (κ2) is 5.71. The van der Waals surface area contributed by atoms with E-state index in [2.05, 4.69) is 23.7 Å². The van der Waals surface area contributed by atoms with E-state index in [1.807, 2.05) is 0 Å². The van der Waals surface area contributed by atoms with E-state index in [-0.39, 0.29) is 0 Å². The predicted molar refractivity (Wildman–Crippen MR) is 70.0 cm³/mol. The Morgan fingerprint density at radius 1 is 1.47 bits per heavy atom. The van der Waals surface area contributed by atoms with Crippen LogP contribution < -0.4 is 5.73 Å². The Bertz CT molecular complexity index is 270. The molecule has 4 nitrogen and oxygen atoms in total. The van der Waals surface area contributed by atoms with Gasteiger partial charge in [-0.25, -0.2) is 0 Å². The van der Waals surface area contributed by atoms with Crippen molar-refractivity contribution in [1.82, 2.24) is 4.90 Å².